The maximum atomic E-state index is 13.1. The molecule has 1 aliphatic heterocycles. The highest BCUT2D eigenvalue weighted by atomic mass is 19.1. The molecule has 1 aliphatic rings. The summed E-state index contributed by atoms with van der Waals surface area (Å²) >= 11 is 0. The molecule has 188 valence electrons. The first kappa shape index (κ1) is 27.3. The summed E-state index contributed by atoms with van der Waals surface area (Å²) in [6, 6.07) is 5.43. The second kappa shape index (κ2) is 13.0. The van der Waals surface area contributed by atoms with Gasteiger partial charge in [-0.15, -0.1) is 0 Å². The average Bonchev–Trinajstić information content (AvgIpc) is 2.78. The van der Waals surface area contributed by atoms with Crippen molar-refractivity contribution in [1.29, 1.82) is 5.41 Å². The van der Waals surface area contributed by atoms with Gasteiger partial charge in [0, 0.05) is 44.5 Å². The SMILES string of the molecule is CCOCCOCC(=N)C(=CC(=O)Nc1ccc(F)cc1)N1CCN(C(=O)OC(C)(C)C)CC1. The molecule has 0 aromatic heterocycles. The van der Waals surface area contributed by atoms with E-state index >= 15 is 0 Å². The Balaban J connectivity index is 2.06. The summed E-state index contributed by atoms with van der Waals surface area (Å²) in [5, 5.41) is 11.2. The minimum Gasteiger partial charge on any atom is -0.444 e. The topological polar surface area (TPSA) is 104 Å². The van der Waals surface area contributed by atoms with Crippen LogP contribution in [0.15, 0.2) is 36.0 Å². The Morgan fingerprint density at radius 2 is 1.65 bits per heavy atom. The summed E-state index contributed by atoms with van der Waals surface area (Å²) in [6.07, 6.45) is 0.946. The number of rotatable bonds is 10. The molecule has 1 saturated heterocycles. The van der Waals surface area contributed by atoms with Gasteiger partial charge < -0.3 is 34.7 Å². The molecule has 2 N–H and O–H groups in total. The summed E-state index contributed by atoms with van der Waals surface area (Å²) in [7, 11) is 0. The Kier molecular flexibility index (Phi) is 10.5. The van der Waals surface area contributed by atoms with E-state index in [0.29, 0.717) is 57.4 Å². The van der Waals surface area contributed by atoms with Gasteiger partial charge in [0.1, 0.15) is 11.4 Å². The summed E-state index contributed by atoms with van der Waals surface area (Å²) < 4.78 is 29.3. The predicted molar refractivity (Wildman–Crippen MR) is 128 cm³/mol. The number of nitrogens with zero attached hydrogens (tertiary/aromatic N) is 2. The largest absolute Gasteiger partial charge is 0.444 e. The van der Waals surface area contributed by atoms with Gasteiger partial charge in [-0.05, 0) is 52.0 Å². The molecule has 0 spiro atoms. The number of hydrogen-bond acceptors (Lipinski definition) is 7. The lowest BCUT2D eigenvalue weighted by molar-refractivity contribution is -0.112. The zero-order chi connectivity index (χ0) is 25.1. The molecule has 1 fully saturated rings. The Hall–Kier alpha value is -2.98. The second-order valence-electron chi connectivity index (χ2n) is 8.71. The molecule has 0 radical (unpaired) electrons. The fourth-order valence-electron chi connectivity index (χ4n) is 3.17. The van der Waals surface area contributed by atoms with Crippen LogP contribution in [0, 0.1) is 11.2 Å². The van der Waals surface area contributed by atoms with Gasteiger partial charge in [-0.25, -0.2) is 9.18 Å². The van der Waals surface area contributed by atoms with Gasteiger partial charge in [-0.1, -0.05) is 0 Å². The number of ether oxygens (including phenoxy) is 3. The van der Waals surface area contributed by atoms with Gasteiger partial charge in [0.05, 0.1) is 31.2 Å². The van der Waals surface area contributed by atoms with Gasteiger partial charge in [-0.3, -0.25) is 4.79 Å². The number of halogens is 1. The molecule has 0 saturated carbocycles. The first-order valence-corrected chi connectivity index (χ1v) is 11.3. The second-order valence-corrected chi connectivity index (χ2v) is 8.71. The Morgan fingerprint density at radius 3 is 2.24 bits per heavy atom. The fraction of sp³-hybridized carbons (Fsp3) is 0.542. The van der Waals surface area contributed by atoms with Crippen LogP contribution in [0.1, 0.15) is 27.7 Å². The zero-order valence-electron chi connectivity index (χ0n) is 20.4. The summed E-state index contributed by atoms with van der Waals surface area (Å²) in [4.78, 5) is 28.5. The van der Waals surface area contributed by atoms with Crippen molar-refractivity contribution in [1.82, 2.24) is 9.80 Å². The lowest BCUT2D eigenvalue weighted by atomic mass is 10.2. The van der Waals surface area contributed by atoms with E-state index in [9.17, 15) is 14.0 Å². The third-order valence-corrected chi connectivity index (χ3v) is 4.78. The molecule has 0 unspecified atom stereocenters. The quantitative estimate of drug-likeness (QED) is 0.304. The number of benzene rings is 1. The van der Waals surface area contributed by atoms with Gasteiger partial charge in [0.25, 0.3) is 5.91 Å². The first-order valence-electron chi connectivity index (χ1n) is 11.3. The predicted octanol–water partition coefficient (Wildman–Crippen LogP) is 3.27. The fourth-order valence-corrected chi connectivity index (χ4v) is 3.17. The number of anilines is 1. The highest BCUT2D eigenvalue weighted by Gasteiger charge is 2.28. The molecular weight excluding hydrogens is 443 g/mol. The Morgan fingerprint density at radius 1 is 1.06 bits per heavy atom. The molecule has 2 rings (SSSR count). The molecule has 0 bridgehead atoms. The minimum absolute atomic E-state index is 0.00894. The van der Waals surface area contributed by atoms with E-state index in [4.69, 9.17) is 19.6 Å². The molecule has 1 heterocycles. The molecule has 9 nitrogen and oxygen atoms in total. The van der Waals surface area contributed by atoms with E-state index in [1.165, 1.54) is 30.3 Å². The third-order valence-electron chi connectivity index (χ3n) is 4.78. The molecule has 0 atom stereocenters. The standard InChI is InChI=1S/C24H35FN4O5/c1-5-32-14-15-33-17-20(26)21(16-22(30)27-19-8-6-18(25)7-9-19)28-10-12-29(13-11-28)23(31)34-24(2,3)4/h6-9,16,26H,5,10-15,17H2,1-4H3,(H,27,30). The van der Waals surface area contributed by atoms with Gasteiger partial charge in [-0.2, -0.15) is 0 Å². The maximum absolute atomic E-state index is 13.1. The lowest BCUT2D eigenvalue weighted by Crippen LogP contribution is -2.50. The molecular formula is C24H35FN4O5. The Labute approximate surface area is 200 Å². The smallest absolute Gasteiger partial charge is 0.410 e. The van der Waals surface area contributed by atoms with Crippen molar-refractivity contribution in [2.75, 3.05) is 57.9 Å². The monoisotopic (exact) mass is 478 g/mol. The van der Waals surface area contributed by atoms with Crippen LogP contribution >= 0.6 is 0 Å². The molecule has 0 aliphatic carbocycles. The van der Waals surface area contributed by atoms with Crippen LogP contribution in [0.25, 0.3) is 0 Å². The van der Waals surface area contributed by atoms with Crippen molar-refractivity contribution in [3.63, 3.8) is 0 Å². The average molecular weight is 479 g/mol. The zero-order valence-corrected chi connectivity index (χ0v) is 20.4. The van der Waals surface area contributed by atoms with Crippen LogP contribution in [0.5, 0.6) is 0 Å². The lowest BCUT2D eigenvalue weighted by Gasteiger charge is -2.37. The van der Waals surface area contributed by atoms with E-state index in [1.807, 2.05) is 32.6 Å². The van der Waals surface area contributed by atoms with E-state index in [-0.39, 0.29) is 18.4 Å². The normalized spacial score (nSPS) is 14.7. The number of piperazine rings is 1. The minimum atomic E-state index is -0.585. The van der Waals surface area contributed by atoms with Crippen LogP contribution in [-0.4, -0.2) is 85.7 Å². The third kappa shape index (κ3) is 9.48. The number of carbonyl (C=O) groups is 2. The molecule has 10 heteroatoms. The number of amides is 2. The van der Waals surface area contributed by atoms with Crippen LogP contribution in [0.3, 0.4) is 0 Å². The maximum Gasteiger partial charge on any atom is 0.410 e. The van der Waals surface area contributed by atoms with E-state index < -0.39 is 17.3 Å². The van der Waals surface area contributed by atoms with E-state index in [2.05, 4.69) is 5.32 Å². The number of carbonyl (C=O) groups excluding carboxylic acids is 2. The van der Waals surface area contributed by atoms with E-state index in [0.717, 1.165) is 0 Å². The summed E-state index contributed by atoms with van der Waals surface area (Å²) in [5.41, 5.74) is 0.395. The van der Waals surface area contributed by atoms with Crippen LogP contribution in [0.4, 0.5) is 14.9 Å². The van der Waals surface area contributed by atoms with Gasteiger partial charge in [0.2, 0.25) is 0 Å². The van der Waals surface area contributed by atoms with E-state index in [1.54, 1.807) is 4.90 Å². The van der Waals surface area contributed by atoms with Crippen molar-refractivity contribution in [2.45, 2.75) is 33.3 Å². The van der Waals surface area contributed by atoms with Crippen molar-refractivity contribution in [3.05, 3.63) is 41.9 Å². The van der Waals surface area contributed by atoms with Crippen molar-refractivity contribution < 1.29 is 28.2 Å². The first-order chi connectivity index (χ1) is 16.1. The van der Waals surface area contributed by atoms with Crippen LogP contribution in [-0.2, 0) is 19.0 Å². The highest BCUT2D eigenvalue weighted by Crippen LogP contribution is 2.16. The van der Waals surface area contributed by atoms with Gasteiger partial charge in [0.15, 0.2) is 0 Å². The van der Waals surface area contributed by atoms with Crippen molar-refractivity contribution in [2.24, 2.45) is 0 Å². The Bertz CT molecular complexity index is 859. The van der Waals surface area contributed by atoms with Crippen molar-refractivity contribution >= 4 is 23.4 Å². The van der Waals surface area contributed by atoms with Crippen LogP contribution < -0.4 is 5.32 Å². The molecule has 1 aromatic carbocycles. The van der Waals surface area contributed by atoms with Crippen molar-refractivity contribution in [3.8, 4) is 0 Å². The van der Waals surface area contributed by atoms with Crippen LogP contribution in [0.2, 0.25) is 0 Å². The highest BCUT2D eigenvalue weighted by molar-refractivity contribution is 6.07. The summed E-state index contributed by atoms with van der Waals surface area (Å²) in [5.74, 6) is -0.849. The molecule has 34 heavy (non-hydrogen) atoms. The number of hydrogen-bond donors (Lipinski definition) is 2. The number of nitrogens with one attached hydrogen (secondary N) is 2. The summed E-state index contributed by atoms with van der Waals surface area (Å²) in [6.45, 7) is 10.3. The molecule has 1 aromatic rings. The molecule has 2 amide bonds. The van der Waals surface area contributed by atoms with Gasteiger partial charge >= 0.3 is 6.09 Å².